The number of nitrogens with one attached hydrogen (secondary N) is 2. The van der Waals surface area contributed by atoms with Crippen LogP contribution in [0.4, 0.5) is 33.3 Å². The van der Waals surface area contributed by atoms with Crippen LogP contribution in [0.2, 0.25) is 0 Å². The van der Waals surface area contributed by atoms with Crippen molar-refractivity contribution in [1.82, 2.24) is 25.3 Å². The summed E-state index contributed by atoms with van der Waals surface area (Å²) < 4.78 is 71.5. The number of benzene rings is 4. The highest BCUT2D eigenvalue weighted by molar-refractivity contribution is 7.81. The molecule has 0 radical (unpaired) electrons. The summed E-state index contributed by atoms with van der Waals surface area (Å²) in [6.07, 6.45) is -0.252. The lowest BCUT2D eigenvalue weighted by Crippen LogP contribution is -2.49. The number of carbonyl (C=O) groups is 3. The van der Waals surface area contributed by atoms with Crippen LogP contribution < -0.4 is 20.7 Å². The summed E-state index contributed by atoms with van der Waals surface area (Å²) in [5, 5.41) is 19.6. The van der Waals surface area contributed by atoms with E-state index in [-0.39, 0.29) is 39.1 Å². The van der Waals surface area contributed by atoms with E-state index < -0.39 is 46.3 Å². The second kappa shape index (κ2) is 19.3. The Balaban J connectivity index is 0.824. The van der Waals surface area contributed by atoms with Crippen molar-refractivity contribution in [3.63, 3.8) is 0 Å². The molecule has 0 saturated carbocycles. The van der Waals surface area contributed by atoms with Gasteiger partial charge in [0, 0.05) is 50.2 Å². The molecule has 2 aliphatic heterocycles. The molecule has 2 aliphatic rings. The number of fused-ring (bicyclic) bond motifs is 1. The number of thiocarbonyl (C=S) groups is 1. The zero-order valence-electron chi connectivity index (χ0n) is 35.6. The molecular weight excluding hydrogens is 868 g/mol. The minimum atomic E-state index is -4.86. The number of rotatable bonds is 14. The first kappa shape index (κ1) is 46.4. The number of aromatic nitrogens is 2. The summed E-state index contributed by atoms with van der Waals surface area (Å²) in [4.78, 5) is 58.2. The number of aromatic amines is 1. The van der Waals surface area contributed by atoms with Crippen LogP contribution in [0.5, 0.6) is 0 Å². The van der Waals surface area contributed by atoms with Gasteiger partial charge in [-0.3, -0.25) is 29.0 Å². The van der Waals surface area contributed by atoms with Gasteiger partial charge in [0.15, 0.2) is 5.11 Å². The van der Waals surface area contributed by atoms with Crippen molar-refractivity contribution in [2.24, 2.45) is 0 Å². The van der Waals surface area contributed by atoms with Crippen LogP contribution in [0.15, 0.2) is 83.7 Å². The summed E-state index contributed by atoms with van der Waals surface area (Å²) >= 11 is 5.53. The molecule has 1 aromatic heterocycles. The number of halogens is 5. The van der Waals surface area contributed by atoms with Crippen molar-refractivity contribution in [2.75, 3.05) is 49.1 Å². The number of unbranched alkanes of at least 4 members (excludes halogenated alkanes) is 4. The molecule has 7 rings (SSSR count). The van der Waals surface area contributed by atoms with Crippen molar-refractivity contribution >= 4 is 57.2 Å². The Bertz CT molecular complexity index is 2760. The van der Waals surface area contributed by atoms with Gasteiger partial charge in [0.05, 0.1) is 45.1 Å². The number of H-pyrrole nitrogens is 1. The Morgan fingerprint density at radius 2 is 1.54 bits per heavy atom. The van der Waals surface area contributed by atoms with Crippen molar-refractivity contribution in [2.45, 2.75) is 64.1 Å². The molecule has 3 heterocycles. The van der Waals surface area contributed by atoms with Crippen LogP contribution in [0, 0.1) is 23.0 Å². The molecule has 0 spiro atoms. The van der Waals surface area contributed by atoms with Crippen molar-refractivity contribution in [3.05, 3.63) is 134 Å². The van der Waals surface area contributed by atoms with Crippen molar-refractivity contribution in [3.8, 4) is 6.07 Å². The smallest absolute Gasteiger partial charge is 0.352 e. The lowest BCUT2D eigenvalue weighted by Gasteiger charge is -2.35. The minimum absolute atomic E-state index is 0.00166. The maximum atomic E-state index is 15.4. The summed E-state index contributed by atoms with van der Waals surface area (Å²) in [5.41, 5.74) is -2.55. The molecule has 2 fully saturated rings. The predicted octanol–water partition coefficient (Wildman–Crippen LogP) is 7.74. The zero-order valence-corrected chi connectivity index (χ0v) is 36.4. The van der Waals surface area contributed by atoms with Gasteiger partial charge in [0.2, 0.25) is 0 Å². The monoisotopic (exact) mass is 912 g/mol. The van der Waals surface area contributed by atoms with Crippen molar-refractivity contribution < 1.29 is 36.3 Å². The van der Waals surface area contributed by atoms with Crippen LogP contribution in [0.25, 0.3) is 10.8 Å². The Morgan fingerprint density at radius 3 is 2.25 bits per heavy atom. The van der Waals surface area contributed by atoms with Crippen LogP contribution in [0.3, 0.4) is 0 Å². The van der Waals surface area contributed by atoms with E-state index in [1.165, 1.54) is 49.1 Å². The van der Waals surface area contributed by atoms with E-state index in [1.54, 1.807) is 29.2 Å². The largest absolute Gasteiger partial charge is 0.417 e. The first-order valence-electron chi connectivity index (χ1n) is 21.1. The van der Waals surface area contributed by atoms with E-state index in [1.807, 2.05) is 12.1 Å². The highest BCUT2D eigenvalue weighted by atomic mass is 32.1. The molecule has 3 amide bonds. The van der Waals surface area contributed by atoms with E-state index in [9.17, 15) is 42.0 Å². The van der Waals surface area contributed by atoms with Gasteiger partial charge >= 0.3 is 6.18 Å². The topological polar surface area (TPSA) is 146 Å². The molecular formula is C47H45F5N8O4S. The number of anilines is 2. The van der Waals surface area contributed by atoms with Gasteiger partial charge in [-0.05, 0) is 106 Å². The molecule has 4 aromatic carbocycles. The third-order valence-corrected chi connectivity index (χ3v) is 12.2. The van der Waals surface area contributed by atoms with Gasteiger partial charge in [0.25, 0.3) is 23.3 Å². The van der Waals surface area contributed by atoms with E-state index in [2.05, 4.69) is 20.4 Å². The standard InChI is InChI=1S/C47H45F5N8O4S/c1-46(2)44(64)59(31-14-13-30(28-53)37(26-31)47(50,51)52)45(65)60(46)32-15-16-35(39(49)27-32)41(61)54-18-8-4-3-5-9-19-57-20-22-58(23-21-57)43(63)36-24-29(12-17-38(36)48)25-40-33-10-6-7-11-34(33)42(62)56-55-40/h6-7,10-17,24,26-27H,3-5,8-9,18-23,25H2,1-2H3,(H,54,61)(H,56,62). The summed E-state index contributed by atoms with van der Waals surface area (Å²) in [7, 11) is 0. The Hall–Kier alpha value is -6.58. The Morgan fingerprint density at radius 1 is 0.846 bits per heavy atom. The minimum Gasteiger partial charge on any atom is -0.352 e. The SMILES string of the molecule is CC1(C)C(=O)N(c2ccc(C#N)c(C(F)(F)F)c2)C(=S)N1c1ccc(C(=O)NCCCCCCCN2CCN(C(=O)c3cc(Cc4n[nH]c(=O)c5ccccc45)ccc3F)CC2)c(F)c1. The first-order valence-corrected chi connectivity index (χ1v) is 21.5. The van der Waals surface area contributed by atoms with Gasteiger partial charge in [-0.1, -0.05) is 43.5 Å². The van der Waals surface area contributed by atoms with Crippen LogP contribution in [-0.2, 0) is 17.4 Å². The molecule has 5 aromatic rings. The third kappa shape index (κ3) is 9.91. The summed E-state index contributed by atoms with van der Waals surface area (Å²) in [6, 6.07) is 19.6. The Labute approximate surface area is 376 Å². The summed E-state index contributed by atoms with van der Waals surface area (Å²) in [6.45, 7) is 6.40. The maximum absolute atomic E-state index is 15.4. The highest BCUT2D eigenvalue weighted by Crippen LogP contribution is 2.40. The number of nitriles is 1. The second-order valence-electron chi connectivity index (χ2n) is 16.5. The molecule has 2 N–H and O–H groups in total. The molecule has 2 saturated heterocycles. The summed E-state index contributed by atoms with van der Waals surface area (Å²) in [5.74, 6) is -3.13. The fourth-order valence-electron chi connectivity index (χ4n) is 8.27. The lowest BCUT2D eigenvalue weighted by atomic mass is 10.0. The molecule has 12 nitrogen and oxygen atoms in total. The van der Waals surface area contributed by atoms with Crippen LogP contribution in [0.1, 0.15) is 89.1 Å². The molecule has 0 aliphatic carbocycles. The Kier molecular flexibility index (Phi) is 13.8. The fourth-order valence-corrected chi connectivity index (χ4v) is 8.79. The second-order valence-corrected chi connectivity index (χ2v) is 16.9. The van der Waals surface area contributed by atoms with E-state index in [0.717, 1.165) is 49.3 Å². The number of hydrogen-bond acceptors (Lipinski definition) is 8. The number of amides is 3. The van der Waals surface area contributed by atoms with E-state index >= 15 is 4.39 Å². The van der Waals surface area contributed by atoms with Crippen molar-refractivity contribution in [1.29, 1.82) is 5.26 Å². The fraction of sp³-hybridized carbons (Fsp3) is 0.340. The number of carbonyl (C=O) groups excluding carboxylic acids is 3. The van der Waals surface area contributed by atoms with Crippen LogP contribution >= 0.6 is 12.2 Å². The number of nitrogens with zero attached hydrogens (tertiary/aromatic N) is 6. The molecule has 0 unspecified atom stereocenters. The van der Waals surface area contributed by atoms with Gasteiger partial charge in [-0.25, -0.2) is 13.9 Å². The molecule has 338 valence electrons. The van der Waals surface area contributed by atoms with Crippen LogP contribution in [-0.4, -0.2) is 87.6 Å². The zero-order chi connectivity index (χ0) is 46.6. The average molecular weight is 913 g/mol. The molecule has 18 heteroatoms. The number of alkyl halides is 3. The first-order chi connectivity index (χ1) is 31.0. The van der Waals surface area contributed by atoms with E-state index in [0.29, 0.717) is 73.7 Å². The van der Waals surface area contributed by atoms with Gasteiger partial charge in [-0.2, -0.15) is 23.5 Å². The number of piperazine rings is 1. The van der Waals surface area contributed by atoms with Gasteiger partial charge in [0.1, 0.15) is 17.2 Å². The average Bonchev–Trinajstić information content (AvgIpc) is 3.46. The molecule has 0 bridgehead atoms. The van der Waals surface area contributed by atoms with E-state index in [4.69, 9.17) is 12.2 Å². The highest BCUT2D eigenvalue weighted by Gasteiger charge is 2.51. The van der Waals surface area contributed by atoms with Gasteiger partial charge < -0.3 is 15.1 Å². The molecule has 0 atom stereocenters. The molecule has 65 heavy (non-hydrogen) atoms. The predicted molar refractivity (Wildman–Crippen MR) is 239 cm³/mol. The normalized spacial score (nSPS) is 15.4. The number of hydrogen-bond donors (Lipinski definition) is 2. The third-order valence-electron chi connectivity index (χ3n) is 11.8. The quantitative estimate of drug-likeness (QED) is 0.0650. The lowest BCUT2D eigenvalue weighted by molar-refractivity contribution is -0.137. The van der Waals surface area contributed by atoms with Gasteiger partial charge in [-0.15, -0.1) is 0 Å². The maximum Gasteiger partial charge on any atom is 0.417 e.